The maximum atomic E-state index is 6.74. The molecule has 0 aliphatic heterocycles. The Kier molecular flexibility index (Phi) is 4.10. The largest absolute Gasteiger partial charge is 0.454 e. The summed E-state index contributed by atoms with van der Waals surface area (Å²) in [6.45, 7) is 0. The Hall–Kier alpha value is -5.88. The fraction of sp³-hybridized carbons (Fsp3) is 0. The van der Waals surface area contributed by atoms with Gasteiger partial charge in [0.05, 0.1) is 44.3 Å². The molecule has 0 radical (unpaired) electrons. The molecule has 0 amide bonds. The van der Waals surface area contributed by atoms with Crippen molar-refractivity contribution >= 4 is 71.7 Å². The van der Waals surface area contributed by atoms with Crippen molar-refractivity contribution in [2.75, 3.05) is 0 Å². The molecular formula is C36H21N5O. The van der Waals surface area contributed by atoms with Gasteiger partial charge in [-0.2, -0.15) is 0 Å². The van der Waals surface area contributed by atoms with Gasteiger partial charge in [-0.1, -0.05) is 60.7 Å². The average Bonchev–Trinajstić information content (AvgIpc) is 3.78. The fourth-order valence-corrected chi connectivity index (χ4v) is 6.80. The highest BCUT2D eigenvalue weighted by atomic mass is 16.3. The van der Waals surface area contributed by atoms with Gasteiger partial charge >= 0.3 is 0 Å². The third-order valence-electron chi connectivity index (χ3n) is 8.50. The van der Waals surface area contributed by atoms with E-state index in [9.17, 15) is 0 Å². The van der Waals surface area contributed by atoms with Crippen LogP contribution < -0.4 is 0 Å². The second-order valence-corrected chi connectivity index (χ2v) is 10.7. The van der Waals surface area contributed by atoms with Crippen LogP contribution in [0.4, 0.5) is 0 Å². The van der Waals surface area contributed by atoms with Gasteiger partial charge in [0.1, 0.15) is 11.2 Å². The first-order valence-electron chi connectivity index (χ1n) is 14.0. The molecule has 0 saturated heterocycles. The van der Waals surface area contributed by atoms with Crippen LogP contribution in [0.1, 0.15) is 0 Å². The number of furan rings is 1. The van der Waals surface area contributed by atoms with E-state index < -0.39 is 0 Å². The third kappa shape index (κ3) is 2.68. The van der Waals surface area contributed by atoms with Gasteiger partial charge in [0, 0.05) is 22.4 Å². The summed E-state index contributed by atoms with van der Waals surface area (Å²) < 4.78 is 13.5. The van der Waals surface area contributed by atoms with Crippen LogP contribution in [0.15, 0.2) is 132 Å². The van der Waals surface area contributed by atoms with Gasteiger partial charge in [-0.3, -0.25) is 13.5 Å². The molecule has 6 heteroatoms. The standard InChI is InChI=1S/C36H21N5O/c1-3-14-26-22(10-1)23-12-9-21-37-35(23)39(26)31-19-7-11-24-33-30(18-8-20-32(33)42-34(24)31)41-29-17-6-5-16-28(29)40-27-15-4-2-13-25(27)38-36(40)41/h1-21H. The summed E-state index contributed by atoms with van der Waals surface area (Å²) in [5.74, 6) is 0.877. The normalized spacial score (nSPS) is 12.3. The SMILES string of the molecule is c1ccc2c(c1)nc1n(-c3cccc4oc5c(-n6c7ccccc7c7cccnc76)cccc5c34)c3ccccc3n21. The Bertz CT molecular complexity index is 2650. The number of para-hydroxylation sites is 6. The molecule has 196 valence electrons. The highest BCUT2D eigenvalue weighted by molar-refractivity contribution is 6.14. The summed E-state index contributed by atoms with van der Waals surface area (Å²) in [7, 11) is 0. The van der Waals surface area contributed by atoms with Gasteiger partial charge in [-0.05, 0) is 60.7 Å². The highest BCUT2D eigenvalue weighted by Gasteiger charge is 2.22. The van der Waals surface area contributed by atoms with Crippen LogP contribution in [0.2, 0.25) is 0 Å². The molecule has 10 rings (SSSR count). The summed E-state index contributed by atoms with van der Waals surface area (Å²) in [6, 6.07) is 42.1. The molecule has 0 fully saturated rings. The summed E-state index contributed by atoms with van der Waals surface area (Å²) in [5, 5.41) is 4.39. The van der Waals surface area contributed by atoms with Gasteiger partial charge in [0.15, 0.2) is 5.58 Å². The van der Waals surface area contributed by atoms with E-state index >= 15 is 0 Å². The number of benzene rings is 5. The van der Waals surface area contributed by atoms with Crippen LogP contribution in [0.3, 0.4) is 0 Å². The van der Waals surface area contributed by atoms with Crippen molar-refractivity contribution in [3.05, 3.63) is 128 Å². The Morgan fingerprint density at radius 1 is 0.524 bits per heavy atom. The monoisotopic (exact) mass is 539 g/mol. The van der Waals surface area contributed by atoms with Crippen molar-refractivity contribution < 1.29 is 4.42 Å². The van der Waals surface area contributed by atoms with Gasteiger partial charge in [-0.15, -0.1) is 0 Å². The molecule has 0 spiro atoms. The molecule has 5 aromatic heterocycles. The summed E-state index contributed by atoms with van der Waals surface area (Å²) in [4.78, 5) is 9.92. The molecule has 42 heavy (non-hydrogen) atoms. The molecular weight excluding hydrogens is 518 g/mol. The molecule has 0 aliphatic rings. The average molecular weight is 540 g/mol. The van der Waals surface area contributed by atoms with Gasteiger partial charge in [0.25, 0.3) is 0 Å². The van der Waals surface area contributed by atoms with Crippen LogP contribution >= 0.6 is 0 Å². The minimum Gasteiger partial charge on any atom is -0.454 e. The van der Waals surface area contributed by atoms with E-state index in [0.29, 0.717) is 0 Å². The predicted molar refractivity (Wildman–Crippen MR) is 169 cm³/mol. The Balaban J connectivity index is 1.34. The number of fused-ring (bicyclic) bond motifs is 11. The Morgan fingerprint density at radius 3 is 2.17 bits per heavy atom. The van der Waals surface area contributed by atoms with Crippen molar-refractivity contribution in [3.8, 4) is 11.4 Å². The molecule has 0 unspecified atom stereocenters. The molecule has 0 N–H and O–H groups in total. The van der Waals surface area contributed by atoms with Gasteiger partial charge in [-0.25, -0.2) is 9.97 Å². The lowest BCUT2D eigenvalue weighted by molar-refractivity contribution is 0.666. The zero-order chi connectivity index (χ0) is 27.4. The van der Waals surface area contributed by atoms with Crippen molar-refractivity contribution in [1.82, 2.24) is 23.5 Å². The van der Waals surface area contributed by atoms with E-state index in [1.807, 2.05) is 18.3 Å². The second-order valence-electron chi connectivity index (χ2n) is 10.7. The van der Waals surface area contributed by atoms with Crippen LogP contribution in [0.5, 0.6) is 0 Å². The van der Waals surface area contributed by atoms with Crippen LogP contribution in [-0.2, 0) is 0 Å². The zero-order valence-corrected chi connectivity index (χ0v) is 22.3. The quantitative estimate of drug-likeness (QED) is 0.221. The first-order valence-corrected chi connectivity index (χ1v) is 14.0. The minimum atomic E-state index is 0.828. The summed E-state index contributed by atoms with van der Waals surface area (Å²) >= 11 is 0. The number of hydrogen-bond acceptors (Lipinski definition) is 3. The maximum absolute atomic E-state index is 6.74. The van der Waals surface area contributed by atoms with Crippen molar-refractivity contribution in [2.45, 2.75) is 0 Å². The molecule has 0 saturated carbocycles. The Labute approximate surface area is 238 Å². The van der Waals surface area contributed by atoms with Crippen molar-refractivity contribution in [1.29, 1.82) is 0 Å². The van der Waals surface area contributed by atoms with Crippen molar-refractivity contribution in [3.63, 3.8) is 0 Å². The highest BCUT2D eigenvalue weighted by Crippen LogP contribution is 2.40. The lowest BCUT2D eigenvalue weighted by Crippen LogP contribution is -1.96. The zero-order valence-electron chi connectivity index (χ0n) is 22.3. The van der Waals surface area contributed by atoms with E-state index in [-0.39, 0.29) is 0 Å². The summed E-state index contributed by atoms with van der Waals surface area (Å²) in [6.07, 6.45) is 1.85. The van der Waals surface area contributed by atoms with Gasteiger partial charge < -0.3 is 4.42 Å². The minimum absolute atomic E-state index is 0.828. The predicted octanol–water partition coefficient (Wildman–Crippen LogP) is 8.82. The topological polar surface area (TPSA) is 53.2 Å². The lowest BCUT2D eigenvalue weighted by atomic mass is 10.1. The van der Waals surface area contributed by atoms with E-state index in [0.717, 1.165) is 77.7 Å². The van der Waals surface area contributed by atoms with E-state index in [1.54, 1.807) is 0 Å². The number of hydrogen-bond donors (Lipinski definition) is 0. The molecule has 0 atom stereocenters. The molecule has 5 aromatic carbocycles. The lowest BCUT2D eigenvalue weighted by Gasteiger charge is -2.08. The molecule has 6 nitrogen and oxygen atoms in total. The number of imidazole rings is 2. The second kappa shape index (κ2) is 7.86. The first-order chi connectivity index (χ1) is 20.9. The molecule has 0 bridgehead atoms. The van der Waals surface area contributed by atoms with E-state index in [4.69, 9.17) is 14.4 Å². The first kappa shape index (κ1) is 21.9. The number of rotatable bonds is 2. The van der Waals surface area contributed by atoms with Crippen LogP contribution in [-0.4, -0.2) is 23.5 Å². The van der Waals surface area contributed by atoms with Crippen LogP contribution in [0, 0.1) is 0 Å². The summed E-state index contributed by atoms with van der Waals surface area (Å²) in [5.41, 5.74) is 9.93. The number of nitrogens with zero attached hydrogens (tertiary/aromatic N) is 5. The van der Waals surface area contributed by atoms with E-state index in [2.05, 4.69) is 123 Å². The molecule has 0 aliphatic carbocycles. The molecule has 10 aromatic rings. The fourth-order valence-electron chi connectivity index (χ4n) is 6.80. The molecule has 5 heterocycles. The van der Waals surface area contributed by atoms with Crippen molar-refractivity contribution in [2.24, 2.45) is 0 Å². The Morgan fingerprint density at radius 2 is 1.24 bits per heavy atom. The number of aromatic nitrogens is 5. The number of pyridine rings is 1. The smallest absolute Gasteiger partial charge is 0.220 e. The van der Waals surface area contributed by atoms with Crippen LogP contribution in [0.25, 0.3) is 83.1 Å². The maximum Gasteiger partial charge on any atom is 0.220 e. The third-order valence-corrected chi connectivity index (χ3v) is 8.50. The van der Waals surface area contributed by atoms with Gasteiger partial charge in [0.2, 0.25) is 5.78 Å². The van der Waals surface area contributed by atoms with E-state index in [1.165, 1.54) is 5.39 Å².